The minimum absolute atomic E-state index is 0. The second kappa shape index (κ2) is 10.0. The number of hydrogen-bond acceptors (Lipinski definition) is 5. The molecule has 2 aromatic heterocycles. The summed E-state index contributed by atoms with van der Waals surface area (Å²) in [6.07, 6.45) is 1.34. The Hall–Kier alpha value is -2.91. The van der Waals surface area contributed by atoms with Crippen molar-refractivity contribution >= 4 is 29.5 Å². The maximum absolute atomic E-state index is 12.6. The number of rotatable bonds is 8. The molecule has 0 saturated carbocycles. The van der Waals surface area contributed by atoms with E-state index in [1.165, 1.54) is 11.6 Å². The number of aryl methyl sites for hydroxylation is 2. The normalized spacial score (nSPS) is 10.7. The Morgan fingerprint density at radius 1 is 1.14 bits per heavy atom. The van der Waals surface area contributed by atoms with Gasteiger partial charge >= 0.3 is 5.69 Å². The molecule has 4 N–H and O–H groups in total. The first-order valence-electron chi connectivity index (χ1n) is 9.19. The van der Waals surface area contributed by atoms with Crippen molar-refractivity contribution in [3.8, 4) is 0 Å². The summed E-state index contributed by atoms with van der Waals surface area (Å²) in [5.41, 5.74) is 6.28. The van der Waals surface area contributed by atoms with E-state index in [4.69, 9.17) is 5.73 Å². The van der Waals surface area contributed by atoms with Crippen LogP contribution in [0.3, 0.4) is 0 Å². The lowest BCUT2D eigenvalue weighted by Gasteiger charge is -2.22. The Balaban J connectivity index is 0.00000300. The standard InChI is InChI=1S/C19H24N6O3.ClH/c1-24-17-16(18(27)23-19(24)28)21-14(22-17)7-8-15(26)25(12-10-20)11-9-13-5-3-2-4-6-13;/h2-6H,7-12,20H2,1H3,(H,21,22)(H,23,27,28);1H. The average Bonchev–Trinajstić information content (AvgIpc) is 3.13. The molecule has 10 heteroatoms. The van der Waals surface area contributed by atoms with Crippen molar-refractivity contribution in [1.82, 2.24) is 24.4 Å². The number of nitrogens with one attached hydrogen (secondary N) is 2. The molecule has 2 heterocycles. The number of carbonyl (C=O) groups excluding carboxylic acids is 1. The van der Waals surface area contributed by atoms with E-state index in [-0.39, 0.29) is 35.9 Å². The van der Waals surface area contributed by atoms with E-state index in [1.807, 2.05) is 30.3 Å². The second-order valence-corrected chi connectivity index (χ2v) is 6.61. The van der Waals surface area contributed by atoms with E-state index in [9.17, 15) is 14.4 Å². The number of hydrogen-bond donors (Lipinski definition) is 3. The van der Waals surface area contributed by atoms with Crippen molar-refractivity contribution in [3.05, 3.63) is 62.6 Å². The third-order valence-corrected chi connectivity index (χ3v) is 4.64. The molecule has 9 nitrogen and oxygen atoms in total. The first-order valence-corrected chi connectivity index (χ1v) is 9.19. The van der Waals surface area contributed by atoms with Crippen LogP contribution >= 0.6 is 12.4 Å². The Bertz CT molecular complexity index is 1070. The molecule has 0 spiro atoms. The second-order valence-electron chi connectivity index (χ2n) is 6.61. The van der Waals surface area contributed by atoms with E-state index < -0.39 is 11.2 Å². The maximum Gasteiger partial charge on any atom is 0.329 e. The SMILES string of the molecule is Cl.Cn1c(=O)[nH]c(=O)c2[nH]c(CCC(=O)N(CCN)CCc3ccccc3)nc21. The highest BCUT2D eigenvalue weighted by atomic mass is 35.5. The fourth-order valence-corrected chi connectivity index (χ4v) is 3.08. The summed E-state index contributed by atoms with van der Waals surface area (Å²) in [4.78, 5) is 47.4. The molecule has 0 saturated heterocycles. The maximum atomic E-state index is 12.6. The number of benzene rings is 1. The molecule has 0 aliphatic heterocycles. The summed E-state index contributed by atoms with van der Waals surface area (Å²) in [5, 5.41) is 0. The number of halogens is 1. The van der Waals surface area contributed by atoms with Crippen LogP contribution < -0.4 is 17.0 Å². The summed E-state index contributed by atoms with van der Waals surface area (Å²) in [5.74, 6) is 0.468. The van der Waals surface area contributed by atoms with Crippen LogP contribution in [-0.4, -0.2) is 50.0 Å². The first kappa shape index (κ1) is 22.4. The lowest BCUT2D eigenvalue weighted by atomic mass is 10.1. The van der Waals surface area contributed by atoms with Crippen LogP contribution in [0.15, 0.2) is 39.9 Å². The van der Waals surface area contributed by atoms with Gasteiger partial charge in [0.1, 0.15) is 11.3 Å². The number of imidazole rings is 1. The predicted molar refractivity (Wildman–Crippen MR) is 113 cm³/mol. The highest BCUT2D eigenvalue weighted by Gasteiger charge is 2.15. The van der Waals surface area contributed by atoms with Crippen molar-refractivity contribution in [3.63, 3.8) is 0 Å². The zero-order chi connectivity index (χ0) is 20.1. The van der Waals surface area contributed by atoms with Gasteiger partial charge in [-0.3, -0.25) is 19.1 Å². The highest BCUT2D eigenvalue weighted by Crippen LogP contribution is 2.08. The summed E-state index contributed by atoms with van der Waals surface area (Å²) in [6.45, 7) is 1.47. The largest absolute Gasteiger partial charge is 0.341 e. The number of H-pyrrole nitrogens is 2. The van der Waals surface area contributed by atoms with Crippen molar-refractivity contribution in [2.24, 2.45) is 12.8 Å². The molecule has 0 aliphatic rings. The lowest BCUT2D eigenvalue weighted by molar-refractivity contribution is -0.131. The van der Waals surface area contributed by atoms with Gasteiger partial charge in [-0.2, -0.15) is 0 Å². The Kier molecular flexibility index (Phi) is 7.74. The van der Waals surface area contributed by atoms with Crippen molar-refractivity contribution in [1.29, 1.82) is 0 Å². The van der Waals surface area contributed by atoms with Crippen LogP contribution in [0.1, 0.15) is 17.8 Å². The molecule has 0 atom stereocenters. The molecule has 156 valence electrons. The topological polar surface area (TPSA) is 130 Å². The quantitative estimate of drug-likeness (QED) is 0.483. The number of aromatic nitrogens is 4. The number of nitrogens with two attached hydrogens (primary N) is 1. The van der Waals surface area contributed by atoms with Crippen LogP contribution in [0.4, 0.5) is 0 Å². The van der Waals surface area contributed by atoms with Gasteiger partial charge in [0.25, 0.3) is 5.56 Å². The Labute approximate surface area is 173 Å². The summed E-state index contributed by atoms with van der Waals surface area (Å²) < 4.78 is 1.26. The van der Waals surface area contributed by atoms with E-state index >= 15 is 0 Å². The molecule has 0 unspecified atom stereocenters. The molecule has 29 heavy (non-hydrogen) atoms. The third kappa shape index (κ3) is 5.33. The molecule has 3 rings (SSSR count). The zero-order valence-corrected chi connectivity index (χ0v) is 17.0. The van der Waals surface area contributed by atoms with Gasteiger partial charge in [0, 0.05) is 39.5 Å². The predicted octanol–water partition coefficient (Wildman–Crippen LogP) is 0.334. The van der Waals surface area contributed by atoms with Gasteiger partial charge in [0.05, 0.1) is 0 Å². The van der Waals surface area contributed by atoms with E-state index in [2.05, 4.69) is 15.0 Å². The summed E-state index contributed by atoms with van der Waals surface area (Å²) in [7, 11) is 1.53. The Morgan fingerprint density at radius 3 is 2.55 bits per heavy atom. The molecule has 0 aliphatic carbocycles. The average molecular weight is 421 g/mol. The van der Waals surface area contributed by atoms with E-state index in [0.29, 0.717) is 31.9 Å². The summed E-state index contributed by atoms with van der Waals surface area (Å²) in [6, 6.07) is 9.96. The number of fused-ring (bicyclic) bond motifs is 1. The van der Waals surface area contributed by atoms with E-state index in [0.717, 1.165) is 12.0 Å². The zero-order valence-electron chi connectivity index (χ0n) is 16.2. The number of carbonyl (C=O) groups is 1. The molecule has 0 bridgehead atoms. The van der Waals surface area contributed by atoms with Crippen molar-refractivity contribution in [2.75, 3.05) is 19.6 Å². The minimum Gasteiger partial charge on any atom is -0.341 e. The van der Waals surface area contributed by atoms with Gasteiger partial charge in [-0.1, -0.05) is 30.3 Å². The smallest absolute Gasteiger partial charge is 0.329 e. The van der Waals surface area contributed by atoms with Crippen LogP contribution in [-0.2, 0) is 24.7 Å². The fourth-order valence-electron chi connectivity index (χ4n) is 3.08. The molecule has 1 aromatic carbocycles. The third-order valence-electron chi connectivity index (χ3n) is 4.64. The summed E-state index contributed by atoms with van der Waals surface area (Å²) >= 11 is 0. The Morgan fingerprint density at radius 2 is 1.86 bits per heavy atom. The monoisotopic (exact) mass is 420 g/mol. The molecule has 0 fully saturated rings. The molecule has 1 amide bonds. The highest BCUT2D eigenvalue weighted by molar-refractivity contribution is 5.85. The van der Waals surface area contributed by atoms with Crippen molar-refractivity contribution in [2.45, 2.75) is 19.3 Å². The van der Waals surface area contributed by atoms with Gasteiger partial charge in [0.2, 0.25) is 5.91 Å². The first-order chi connectivity index (χ1) is 13.5. The number of aromatic amines is 2. The van der Waals surface area contributed by atoms with Gasteiger partial charge < -0.3 is 15.6 Å². The molecule has 3 aromatic rings. The number of nitrogens with zero attached hydrogens (tertiary/aromatic N) is 3. The molecular formula is C19H25ClN6O3. The van der Waals surface area contributed by atoms with Gasteiger partial charge in [-0.05, 0) is 12.0 Å². The number of amides is 1. The van der Waals surface area contributed by atoms with Crippen LogP contribution in [0.5, 0.6) is 0 Å². The van der Waals surface area contributed by atoms with Crippen molar-refractivity contribution < 1.29 is 4.79 Å². The lowest BCUT2D eigenvalue weighted by Crippen LogP contribution is -2.37. The fraction of sp³-hybridized carbons (Fsp3) is 0.368. The van der Waals surface area contributed by atoms with Gasteiger partial charge in [0.15, 0.2) is 5.65 Å². The van der Waals surface area contributed by atoms with Crippen LogP contribution in [0.2, 0.25) is 0 Å². The van der Waals surface area contributed by atoms with Gasteiger partial charge in [-0.25, -0.2) is 9.78 Å². The minimum atomic E-state index is -0.526. The molecule has 0 radical (unpaired) electrons. The molecular weight excluding hydrogens is 396 g/mol. The van der Waals surface area contributed by atoms with Crippen LogP contribution in [0, 0.1) is 0 Å². The van der Waals surface area contributed by atoms with Crippen LogP contribution in [0.25, 0.3) is 11.2 Å². The van der Waals surface area contributed by atoms with Gasteiger partial charge in [-0.15, -0.1) is 12.4 Å². The van der Waals surface area contributed by atoms with E-state index in [1.54, 1.807) is 4.90 Å².